The van der Waals surface area contributed by atoms with E-state index >= 15 is 0 Å². The monoisotopic (exact) mass is 346 g/mol. The summed E-state index contributed by atoms with van der Waals surface area (Å²) in [5, 5.41) is 11.4. The van der Waals surface area contributed by atoms with Gasteiger partial charge in [0.1, 0.15) is 11.4 Å². The number of nitrogens with zero attached hydrogens (tertiary/aromatic N) is 2. The van der Waals surface area contributed by atoms with E-state index in [2.05, 4.69) is 9.98 Å². The number of benzene rings is 2. The average Bonchev–Trinajstić information content (AvgIpc) is 3.03. The zero-order valence-corrected chi connectivity index (χ0v) is 13.8. The minimum Gasteiger partial charge on any atom is -0.497 e. The van der Waals surface area contributed by atoms with Crippen molar-refractivity contribution in [3.8, 4) is 23.1 Å². The van der Waals surface area contributed by atoms with Crippen LogP contribution in [0.25, 0.3) is 23.6 Å². The molecule has 6 nitrogen and oxygen atoms in total. The Morgan fingerprint density at radius 3 is 2.73 bits per heavy atom. The summed E-state index contributed by atoms with van der Waals surface area (Å²) in [4.78, 5) is 20.6. The molecule has 4 rings (SSSR count). The Morgan fingerprint density at radius 1 is 1.15 bits per heavy atom. The molecule has 0 saturated heterocycles. The van der Waals surface area contributed by atoms with Crippen LogP contribution < -0.4 is 15.3 Å². The highest BCUT2D eigenvalue weighted by molar-refractivity contribution is 6.07. The molecule has 6 heteroatoms. The van der Waals surface area contributed by atoms with Crippen LogP contribution in [-0.2, 0) is 4.79 Å². The topological polar surface area (TPSA) is 84.9 Å². The van der Waals surface area contributed by atoms with Gasteiger partial charge < -0.3 is 14.3 Å². The van der Waals surface area contributed by atoms with Crippen LogP contribution in [0.2, 0.25) is 0 Å². The summed E-state index contributed by atoms with van der Waals surface area (Å²) >= 11 is 0. The number of methoxy groups -OCH3 is 1. The van der Waals surface area contributed by atoms with Crippen molar-refractivity contribution in [1.29, 1.82) is 0 Å². The van der Waals surface area contributed by atoms with Gasteiger partial charge in [0.25, 0.3) is 5.91 Å². The van der Waals surface area contributed by atoms with Crippen molar-refractivity contribution in [1.82, 2.24) is 4.98 Å². The maximum absolute atomic E-state index is 12.3. The van der Waals surface area contributed by atoms with Crippen molar-refractivity contribution < 1.29 is 19.1 Å². The molecule has 1 aliphatic rings. The second kappa shape index (κ2) is 6.33. The number of oxazole rings is 1. The molecule has 0 bridgehead atoms. The Kier molecular flexibility index (Phi) is 3.85. The van der Waals surface area contributed by atoms with E-state index in [1.807, 2.05) is 30.3 Å². The van der Waals surface area contributed by atoms with Crippen molar-refractivity contribution in [2.45, 2.75) is 0 Å². The molecule has 0 atom stereocenters. The summed E-state index contributed by atoms with van der Waals surface area (Å²) in [7, 11) is 1.57. The largest absolute Gasteiger partial charge is 0.497 e. The number of amides is 1. The summed E-state index contributed by atoms with van der Waals surface area (Å²) in [6.07, 6.45) is 3.14. The molecular formula is C20H14N2O4. The molecule has 128 valence electrons. The first-order chi connectivity index (χ1) is 12.6. The number of ether oxygens (including phenoxy) is 1. The maximum Gasteiger partial charge on any atom is 0.310 e. The van der Waals surface area contributed by atoms with E-state index in [1.54, 1.807) is 31.4 Å². The number of aromatic nitrogens is 1. The van der Waals surface area contributed by atoms with Gasteiger partial charge in [-0.3, -0.25) is 4.79 Å². The lowest BCUT2D eigenvalue weighted by Crippen LogP contribution is -2.30. The Bertz CT molecular complexity index is 1140. The SMILES string of the molecule is COc1ccc2c(c1)=C/C(=C/c1nc(-c3ccccc3)oc1O)C(=O)N=2. The van der Waals surface area contributed by atoms with Gasteiger partial charge in [-0.25, -0.2) is 9.98 Å². The highest BCUT2D eigenvalue weighted by atomic mass is 16.5. The van der Waals surface area contributed by atoms with E-state index < -0.39 is 5.91 Å². The van der Waals surface area contributed by atoms with Crippen molar-refractivity contribution in [3.05, 3.63) is 70.4 Å². The highest BCUT2D eigenvalue weighted by Gasteiger charge is 2.16. The standard InChI is InChI=1S/C20H14N2O4/c1-25-15-7-8-16-13(10-15)9-14(18(23)21-16)11-17-20(24)26-19(22-17)12-5-3-2-4-6-12/h2-11,24H,1H3/b14-11-. The molecule has 0 aliphatic carbocycles. The van der Waals surface area contributed by atoms with Crippen LogP contribution in [0.3, 0.4) is 0 Å². The second-order valence-corrected chi connectivity index (χ2v) is 5.66. The van der Waals surface area contributed by atoms with Crippen LogP contribution in [0.4, 0.5) is 0 Å². The van der Waals surface area contributed by atoms with Gasteiger partial charge in [0.05, 0.1) is 12.5 Å². The van der Waals surface area contributed by atoms with E-state index in [0.717, 1.165) is 10.8 Å². The molecule has 1 amide bonds. The Morgan fingerprint density at radius 2 is 1.96 bits per heavy atom. The smallest absolute Gasteiger partial charge is 0.310 e. The van der Waals surface area contributed by atoms with Gasteiger partial charge in [-0.15, -0.1) is 0 Å². The van der Waals surface area contributed by atoms with Crippen LogP contribution in [0, 0.1) is 0 Å². The lowest BCUT2D eigenvalue weighted by atomic mass is 10.1. The number of carbonyl (C=O) groups is 1. The summed E-state index contributed by atoms with van der Waals surface area (Å²) in [6, 6.07) is 14.5. The third-order valence-electron chi connectivity index (χ3n) is 3.96. The molecule has 26 heavy (non-hydrogen) atoms. The third-order valence-corrected chi connectivity index (χ3v) is 3.96. The molecule has 1 aliphatic heterocycles. The quantitative estimate of drug-likeness (QED) is 0.734. The second-order valence-electron chi connectivity index (χ2n) is 5.66. The van der Waals surface area contributed by atoms with E-state index in [0.29, 0.717) is 16.7 Å². The predicted molar refractivity (Wildman–Crippen MR) is 94.8 cm³/mol. The average molecular weight is 346 g/mol. The zero-order valence-electron chi connectivity index (χ0n) is 13.8. The fourth-order valence-corrected chi connectivity index (χ4v) is 2.65. The van der Waals surface area contributed by atoms with Gasteiger partial charge in [0, 0.05) is 16.4 Å². The van der Waals surface area contributed by atoms with E-state index in [4.69, 9.17) is 9.15 Å². The van der Waals surface area contributed by atoms with Crippen molar-refractivity contribution >= 4 is 18.1 Å². The van der Waals surface area contributed by atoms with Crippen LogP contribution >= 0.6 is 0 Å². The van der Waals surface area contributed by atoms with Gasteiger partial charge in [0.2, 0.25) is 5.89 Å². The van der Waals surface area contributed by atoms with E-state index in [1.165, 1.54) is 6.08 Å². The molecule has 0 fully saturated rings. The molecular weight excluding hydrogens is 332 g/mol. The van der Waals surface area contributed by atoms with Crippen molar-refractivity contribution in [2.75, 3.05) is 7.11 Å². The van der Waals surface area contributed by atoms with Gasteiger partial charge in [-0.2, -0.15) is 0 Å². The summed E-state index contributed by atoms with van der Waals surface area (Å²) in [6.45, 7) is 0. The number of fused-ring (bicyclic) bond motifs is 1. The summed E-state index contributed by atoms with van der Waals surface area (Å²) in [5.74, 6) is 0.178. The maximum atomic E-state index is 12.3. The third kappa shape index (κ3) is 2.88. The first-order valence-corrected chi connectivity index (χ1v) is 7.90. The van der Waals surface area contributed by atoms with Gasteiger partial charge in [0.15, 0.2) is 0 Å². The minimum atomic E-state index is -0.411. The lowest BCUT2D eigenvalue weighted by Gasteiger charge is -2.04. The molecule has 0 saturated carbocycles. The van der Waals surface area contributed by atoms with Crippen molar-refractivity contribution in [2.24, 2.45) is 4.99 Å². The number of aromatic hydroxyl groups is 1. The number of hydrogen-bond donors (Lipinski definition) is 1. The molecule has 2 aromatic carbocycles. The minimum absolute atomic E-state index is 0.171. The number of hydrogen-bond acceptors (Lipinski definition) is 5. The molecule has 0 unspecified atom stereocenters. The first kappa shape index (κ1) is 15.8. The normalized spacial score (nSPS) is 14.5. The summed E-state index contributed by atoms with van der Waals surface area (Å²) < 4.78 is 10.5. The van der Waals surface area contributed by atoms with Crippen LogP contribution in [0.1, 0.15) is 5.69 Å². The highest BCUT2D eigenvalue weighted by Crippen LogP contribution is 2.28. The Hall–Kier alpha value is -3.67. The molecule has 0 radical (unpaired) electrons. The molecule has 2 heterocycles. The van der Waals surface area contributed by atoms with E-state index in [9.17, 15) is 9.90 Å². The van der Waals surface area contributed by atoms with Gasteiger partial charge in [-0.05, 0) is 42.5 Å². The fraction of sp³-hybridized carbons (Fsp3) is 0.0500. The Labute approximate surface area is 148 Å². The van der Waals surface area contributed by atoms with Crippen LogP contribution in [-0.4, -0.2) is 23.1 Å². The Balaban J connectivity index is 1.78. The number of rotatable bonds is 3. The summed E-state index contributed by atoms with van der Waals surface area (Å²) in [5.41, 5.74) is 1.20. The van der Waals surface area contributed by atoms with Crippen LogP contribution in [0.5, 0.6) is 11.7 Å². The molecule has 1 aromatic heterocycles. The molecule has 0 spiro atoms. The predicted octanol–water partition coefficient (Wildman–Crippen LogP) is 2.08. The van der Waals surface area contributed by atoms with Gasteiger partial charge >= 0.3 is 5.95 Å². The number of carbonyl (C=O) groups excluding carboxylic acids is 1. The zero-order chi connectivity index (χ0) is 18.1. The van der Waals surface area contributed by atoms with E-state index in [-0.39, 0.29) is 17.5 Å². The van der Waals surface area contributed by atoms with Crippen LogP contribution in [0.15, 0.2) is 63.5 Å². The van der Waals surface area contributed by atoms with Gasteiger partial charge in [-0.1, -0.05) is 18.2 Å². The first-order valence-electron chi connectivity index (χ1n) is 7.90. The molecule has 1 N–H and O–H groups in total. The lowest BCUT2D eigenvalue weighted by molar-refractivity contribution is -0.114. The van der Waals surface area contributed by atoms with Crippen molar-refractivity contribution in [3.63, 3.8) is 0 Å². The fourth-order valence-electron chi connectivity index (χ4n) is 2.65. The molecule has 3 aromatic rings.